The van der Waals surface area contributed by atoms with Crippen molar-refractivity contribution in [1.29, 1.82) is 0 Å². The van der Waals surface area contributed by atoms with Crippen LogP contribution >= 0.6 is 22.7 Å². The average molecular weight is 306 g/mol. The summed E-state index contributed by atoms with van der Waals surface area (Å²) in [6.07, 6.45) is 1.68. The number of rotatable bonds is 4. The van der Waals surface area contributed by atoms with Gasteiger partial charge in [-0.2, -0.15) is 0 Å². The lowest BCUT2D eigenvalue weighted by Crippen LogP contribution is -2.04. The molecule has 3 aromatic rings. The fraction of sp³-hybridized carbons (Fsp3) is 0.154. The van der Waals surface area contributed by atoms with Gasteiger partial charge >= 0.3 is 5.97 Å². The number of nitrogens with zero attached hydrogens (tertiary/aromatic N) is 2. The molecule has 3 aromatic heterocycles. The minimum Gasteiger partial charge on any atom is -0.459 e. The van der Waals surface area contributed by atoms with Crippen LogP contribution in [0.4, 0.5) is 0 Å². The molecule has 0 unspecified atom stereocenters. The second kappa shape index (κ2) is 5.56. The Morgan fingerprint density at radius 1 is 1.40 bits per heavy atom. The molecule has 5 nitrogen and oxygen atoms in total. The summed E-state index contributed by atoms with van der Waals surface area (Å²) >= 11 is 2.80. The Bertz CT molecular complexity index is 716. The van der Waals surface area contributed by atoms with Crippen LogP contribution in [-0.4, -0.2) is 15.9 Å². The van der Waals surface area contributed by atoms with Crippen LogP contribution in [0.2, 0.25) is 0 Å². The van der Waals surface area contributed by atoms with E-state index in [1.807, 2.05) is 19.1 Å². The van der Waals surface area contributed by atoms with Crippen LogP contribution in [0, 0.1) is 6.92 Å². The first kappa shape index (κ1) is 13.0. The van der Waals surface area contributed by atoms with E-state index >= 15 is 0 Å². The van der Waals surface area contributed by atoms with Gasteiger partial charge in [0, 0.05) is 11.6 Å². The van der Waals surface area contributed by atoms with E-state index < -0.39 is 5.97 Å². The highest BCUT2D eigenvalue weighted by atomic mass is 32.1. The number of furan rings is 1. The van der Waals surface area contributed by atoms with E-state index in [0.29, 0.717) is 16.5 Å². The SMILES string of the molecule is Cc1ccc(-c2nc(C(=O)OCc3cncs3)cs2)o1. The van der Waals surface area contributed by atoms with E-state index in [1.165, 1.54) is 22.7 Å². The highest BCUT2D eigenvalue weighted by Gasteiger charge is 2.15. The van der Waals surface area contributed by atoms with E-state index in [0.717, 1.165) is 10.6 Å². The van der Waals surface area contributed by atoms with Crippen molar-refractivity contribution in [2.75, 3.05) is 0 Å². The number of carbonyl (C=O) groups is 1. The fourth-order valence-electron chi connectivity index (χ4n) is 1.55. The Hall–Kier alpha value is -1.99. The Morgan fingerprint density at radius 3 is 3.00 bits per heavy atom. The standard InChI is InChI=1S/C13H10N2O3S2/c1-8-2-3-11(18-8)12-15-10(6-19-12)13(16)17-5-9-4-14-7-20-9/h2-4,6-7H,5H2,1H3. The number of aryl methyl sites for hydroxylation is 1. The van der Waals surface area contributed by atoms with Crippen molar-refractivity contribution in [3.8, 4) is 10.8 Å². The fourth-order valence-corrected chi connectivity index (χ4v) is 2.81. The molecule has 0 atom stereocenters. The summed E-state index contributed by atoms with van der Waals surface area (Å²) in [5.74, 6) is 1.03. The first-order valence-electron chi connectivity index (χ1n) is 5.79. The molecule has 0 aliphatic heterocycles. The highest BCUT2D eigenvalue weighted by molar-refractivity contribution is 7.13. The molecule has 102 valence electrons. The van der Waals surface area contributed by atoms with Crippen LogP contribution in [0.5, 0.6) is 0 Å². The third-order valence-electron chi connectivity index (χ3n) is 2.49. The molecule has 0 N–H and O–H groups in total. The molecule has 0 amide bonds. The summed E-state index contributed by atoms with van der Waals surface area (Å²) in [4.78, 5) is 20.9. The molecule has 3 heterocycles. The van der Waals surface area contributed by atoms with Gasteiger partial charge in [-0.05, 0) is 19.1 Å². The predicted molar refractivity (Wildman–Crippen MR) is 75.8 cm³/mol. The Balaban J connectivity index is 1.68. The molecule has 0 aromatic carbocycles. The van der Waals surface area contributed by atoms with Gasteiger partial charge in [-0.1, -0.05) is 0 Å². The largest absolute Gasteiger partial charge is 0.459 e. The smallest absolute Gasteiger partial charge is 0.358 e. The zero-order valence-corrected chi connectivity index (χ0v) is 12.2. The molecule has 20 heavy (non-hydrogen) atoms. The van der Waals surface area contributed by atoms with Crippen LogP contribution in [0.15, 0.2) is 33.6 Å². The van der Waals surface area contributed by atoms with Crippen molar-refractivity contribution in [1.82, 2.24) is 9.97 Å². The maximum absolute atomic E-state index is 11.9. The van der Waals surface area contributed by atoms with E-state index in [9.17, 15) is 4.79 Å². The Morgan fingerprint density at radius 2 is 2.30 bits per heavy atom. The van der Waals surface area contributed by atoms with Gasteiger partial charge in [0.05, 0.1) is 10.4 Å². The van der Waals surface area contributed by atoms with Crippen LogP contribution in [0.1, 0.15) is 21.1 Å². The van der Waals surface area contributed by atoms with Crippen molar-refractivity contribution >= 4 is 28.6 Å². The van der Waals surface area contributed by atoms with Gasteiger partial charge < -0.3 is 9.15 Å². The third kappa shape index (κ3) is 2.78. The zero-order valence-electron chi connectivity index (χ0n) is 10.5. The minimum atomic E-state index is -0.441. The van der Waals surface area contributed by atoms with Crippen molar-refractivity contribution < 1.29 is 13.9 Å². The Kier molecular flexibility index (Phi) is 3.62. The summed E-state index contributed by atoms with van der Waals surface area (Å²) in [5.41, 5.74) is 1.99. The van der Waals surface area contributed by atoms with Gasteiger partial charge in [-0.15, -0.1) is 22.7 Å². The monoisotopic (exact) mass is 306 g/mol. The summed E-state index contributed by atoms with van der Waals surface area (Å²) in [6, 6.07) is 3.69. The summed E-state index contributed by atoms with van der Waals surface area (Å²) in [6.45, 7) is 2.08. The number of esters is 1. The highest BCUT2D eigenvalue weighted by Crippen LogP contribution is 2.25. The molecule has 0 spiro atoms. The Labute approximate surface area is 122 Å². The molecular formula is C13H10N2O3S2. The molecule has 0 saturated carbocycles. The lowest BCUT2D eigenvalue weighted by molar-refractivity contribution is 0.0470. The topological polar surface area (TPSA) is 65.2 Å². The van der Waals surface area contributed by atoms with Gasteiger partial charge in [-0.3, -0.25) is 4.98 Å². The lowest BCUT2D eigenvalue weighted by atomic mass is 10.4. The van der Waals surface area contributed by atoms with Crippen LogP contribution in [-0.2, 0) is 11.3 Å². The molecule has 0 aliphatic carbocycles. The molecule has 7 heteroatoms. The number of ether oxygens (including phenoxy) is 1. The van der Waals surface area contributed by atoms with Crippen molar-refractivity contribution in [3.05, 3.63) is 45.6 Å². The zero-order chi connectivity index (χ0) is 13.9. The van der Waals surface area contributed by atoms with Gasteiger partial charge in [-0.25, -0.2) is 9.78 Å². The maximum atomic E-state index is 11.9. The number of hydrogen-bond acceptors (Lipinski definition) is 7. The number of thiazole rings is 2. The molecular weight excluding hydrogens is 296 g/mol. The minimum absolute atomic E-state index is 0.218. The first-order valence-corrected chi connectivity index (χ1v) is 7.55. The number of hydrogen-bond donors (Lipinski definition) is 0. The predicted octanol–water partition coefficient (Wildman–Crippen LogP) is 3.53. The van der Waals surface area contributed by atoms with E-state index in [1.54, 1.807) is 17.1 Å². The van der Waals surface area contributed by atoms with Crippen LogP contribution in [0.25, 0.3) is 10.8 Å². The summed E-state index contributed by atoms with van der Waals surface area (Å²) in [7, 11) is 0. The lowest BCUT2D eigenvalue weighted by Gasteiger charge is -1.99. The van der Waals surface area contributed by atoms with Gasteiger partial charge in [0.1, 0.15) is 12.4 Å². The molecule has 0 saturated heterocycles. The molecule has 0 bridgehead atoms. The molecule has 0 radical (unpaired) electrons. The van der Waals surface area contributed by atoms with Gasteiger partial charge in [0.15, 0.2) is 16.5 Å². The van der Waals surface area contributed by atoms with E-state index in [4.69, 9.17) is 9.15 Å². The average Bonchev–Trinajstić information content (AvgIpc) is 3.16. The van der Waals surface area contributed by atoms with E-state index in [2.05, 4.69) is 9.97 Å². The normalized spacial score (nSPS) is 10.7. The number of carbonyl (C=O) groups excluding carboxylic acids is 1. The number of aromatic nitrogens is 2. The van der Waals surface area contributed by atoms with Gasteiger partial charge in [0.2, 0.25) is 0 Å². The summed E-state index contributed by atoms with van der Waals surface area (Å²) in [5, 5.41) is 2.34. The van der Waals surface area contributed by atoms with Crippen molar-refractivity contribution in [2.24, 2.45) is 0 Å². The van der Waals surface area contributed by atoms with E-state index in [-0.39, 0.29) is 6.61 Å². The first-order chi connectivity index (χ1) is 9.72. The quantitative estimate of drug-likeness (QED) is 0.690. The molecule has 0 fully saturated rings. The van der Waals surface area contributed by atoms with Crippen molar-refractivity contribution in [2.45, 2.75) is 13.5 Å². The second-order valence-electron chi connectivity index (χ2n) is 3.99. The van der Waals surface area contributed by atoms with Gasteiger partial charge in [0.25, 0.3) is 0 Å². The second-order valence-corrected chi connectivity index (χ2v) is 5.82. The molecule has 3 rings (SSSR count). The maximum Gasteiger partial charge on any atom is 0.358 e. The van der Waals surface area contributed by atoms with Crippen molar-refractivity contribution in [3.63, 3.8) is 0 Å². The van der Waals surface area contributed by atoms with Crippen LogP contribution in [0.3, 0.4) is 0 Å². The third-order valence-corrected chi connectivity index (χ3v) is 4.10. The summed E-state index contributed by atoms with van der Waals surface area (Å²) < 4.78 is 10.6. The van der Waals surface area contributed by atoms with Crippen LogP contribution < -0.4 is 0 Å². The molecule has 0 aliphatic rings.